The Morgan fingerprint density at radius 2 is 2.20 bits per heavy atom. The Morgan fingerprint density at radius 3 is 2.80 bits per heavy atom. The highest BCUT2D eigenvalue weighted by Gasteiger charge is 2.31. The molecule has 0 spiro atoms. The summed E-state index contributed by atoms with van der Waals surface area (Å²) < 4.78 is 0. The molecule has 2 aromatic heterocycles. The average Bonchev–Trinajstić information content (AvgIpc) is 3.12. The van der Waals surface area contributed by atoms with Gasteiger partial charge in [0, 0.05) is 23.8 Å². The highest BCUT2D eigenvalue weighted by Crippen LogP contribution is 2.35. The minimum absolute atomic E-state index is 0.0568. The molecule has 0 atom stereocenters. The lowest BCUT2D eigenvalue weighted by Gasteiger charge is -2.26. The Bertz CT molecular complexity index is 591. The van der Waals surface area contributed by atoms with Gasteiger partial charge in [-0.1, -0.05) is 0 Å². The highest BCUT2D eigenvalue weighted by molar-refractivity contribution is 7.07. The number of hydrogen-bond acceptors (Lipinski definition) is 4. The van der Waals surface area contributed by atoms with Crippen molar-refractivity contribution < 1.29 is 5.11 Å². The van der Waals surface area contributed by atoms with Crippen molar-refractivity contribution in [2.75, 3.05) is 4.90 Å². The quantitative estimate of drug-likeness (QED) is 0.916. The van der Waals surface area contributed by atoms with Crippen LogP contribution in [0.4, 0.5) is 5.82 Å². The molecule has 1 aliphatic rings. The minimum Gasteiger partial charge on any atom is -0.392 e. The maximum atomic E-state index is 9.70. The largest absolute Gasteiger partial charge is 0.392 e. The second-order valence-electron chi connectivity index (χ2n) is 5.53. The van der Waals surface area contributed by atoms with Gasteiger partial charge in [-0.15, -0.1) is 0 Å². The monoisotopic (exact) mass is 288 g/mol. The number of nitrogens with zero attached hydrogens (tertiary/aromatic N) is 2. The fourth-order valence-corrected chi connectivity index (χ4v) is 3.28. The predicted molar refractivity (Wildman–Crippen MR) is 83.2 cm³/mol. The molecule has 20 heavy (non-hydrogen) atoms. The third-order valence-corrected chi connectivity index (χ3v) is 4.54. The molecular weight excluding hydrogens is 268 g/mol. The van der Waals surface area contributed by atoms with Gasteiger partial charge < -0.3 is 10.0 Å². The molecule has 4 heteroatoms. The van der Waals surface area contributed by atoms with Crippen LogP contribution < -0.4 is 4.90 Å². The van der Waals surface area contributed by atoms with Gasteiger partial charge >= 0.3 is 0 Å². The molecule has 1 fully saturated rings. The summed E-state index contributed by atoms with van der Waals surface area (Å²) in [6.07, 6.45) is 2.45. The van der Waals surface area contributed by atoms with E-state index in [1.807, 2.05) is 13.0 Å². The number of aliphatic hydroxyl groups excluding tert-OH is 1. The molecular formula is C16H20N2OS. The minimum atomic E-state index is 0.0568. The van der Waals surface area contributed by atoms with Gasteiger partial charge in [0.15, 0.2) is 0 Å². The Morgan fingerprint density at radius 1 is 1.40 bits per heavy atom. The van der Waals surface area contributed by atoms with Crippen molar-refractivity contribution >= 4 is 17.2 Å². The summed E-state index contributed by atoms with van der Waals surface area (Å²) in [4.78, 5) is 7.08. The second-order valence-corrected chi connectivity index (χ2v) is 6.31. The van der Waals surface area contributed by atoms with Crippen LogP contribution in [0.5, 0.6) is 0 Å². The molecule has 0 saturated heterocycles. The van der Waals surface area contributed by atoms with E-state index in [0.29, 0.717) is 6.04 Å². The maximum Gasteiger partial charge on any atom is 0.135 e. The lowest BCUT2D eigenvalue weighted by Crippen LogP contribution is -2.27. The summed E-state index contributed by atoms with van der Waals surface area (Å²) in [7, 11) is 0. The van der Waals surface area contributed by atoms with Crippen molar-refractivity contribution in [3.63, 3.8) is 0 Å². The van der Waals surface area contributed by atoms with Gasteiger partial charge in [0.25, 0.3) is 0 Å². The van der Waals surface area contributed by atoms with Crippen molar-refractivity contribution in [1.29, 1.82) is 0 Å². The Labute approximate surface area is 123 Å². The van der Waals surface area contributed by atoms with Gasteiger partial charge in [0.2, 0.25) is 0 Å². The summed E-state index contributed by atoms with van der Waals surface area (Å²) in [5, 5.41) is 14.0. The van der Waals surface area contributed by atoms with E-state index in [1.54, 1.807) is 11.3 Å². The van der Waals surface area contributed by atoms with E-state index < -0.39 is 0 Å². The van der Waals surface area contributed by atoms with Crippen LogP contribution in [0.2, 0.25) is 0 Å². The van der Waals surface area contributed by atoms with Crippen LogP contribution in [0.25, 0.3) is 0 Å². The van der Waals surface area contributed by atoms with E-state index >= 15 is 0 Å². The third-order valence-electron chi connectivity index (χ3n) is 3.80. The lowest BCUT2D eigenvalue weighted by molar-refractivity contribution is 0.280. The van der Waals surface area contributed by atoms with Crippen LogP contribution in [0, 0.1) is 13.8 Å². The first-order valence-electron chi connectivity index (χ1n) is 7.04. The summed E-state index contributed by atoms with van der Waals surface area (Å²) in [5.41, 5.74) is 4.45. The van der Waals surface area contributed by atoms with Crippen LogP contribution in [0.3, 0.4) is 0 Å². The number of rotatable bonds is 5. The molecule has 106 valence electrons. The first-order chi connectivity index (χ1) is 9.69. The van der Waals surface area contributed by atoms with E-state index in [9.17, 15) is 5.11 Å². The van der Waals surface area contributed by atoms with E-state index in [2.05, 4.69) is 28.7 Å². The molecule has 0 aromatic carbocycles. The molecule has 3 nitrogen and oxygen atoms in total. The fraction of sp³-hybridized carbons (Fsp3) is 0.438. The molecule has 0 radical (unpaired) electrons. The normalized spacial score (nSPS) is 14.6. The lowest BCUT2D eigenvalue weighted by atomic mass is 10.1. The SMILES string of the molecule is Cc1cc(C)c(CO)c(N(Cc2ccsc2)C2CC2)n1. The van der Waals surface area contributed by atoms with Crippen molar-refractivity contribution in [2.24, 2.45) is 0 Å². The van der Waals surface area contributed by atoms with Gasteiger partial charge in [-0.25, -0.2) is 4.98 Å². The zero-order valence-electron chi connectivity index (χ0n) is 12.0. The smallest absolute Gasteiger partial charge is 0.135 e. The van der Waals surface area contributed by atoms with E-state index in [4.69, 9.17) is 4.98 Å². The number of pyridine rings is 1. The van der Waals surface area contributed by atoms with E-state index in [0.717, 1.165) is 29.2 Å². The van der Waals surface area contributed by atoms with Crippen LogP contribution >= 0.6 is 11.3 Å². The van der Waals surface area contributed by atoms with Gasteiger partial charge in [-0.3, -0.25) is 0 Å². The van der Waals surface area contributed by atoms with Gasteiger partial charge in [-0.05, 0) is 60.7 Å². The number of thiophene rings is 1. The van der Waals surface area contributed by atoms with Crippen LogP contribution in [0.1, 0.15) is 35.2 Å². The Kier molecular flexibility index (Phi) is 3.76. The molecule has 0 amide bonds. The molecule has 0 bridgehead atoms. The number of aryl methyl sites for hydroxylation is 2. The molecule has 0 unspecified atom stereocenters. The average molecular weight is 288 g/mol. The molecule has 1 N–H and O–H groups in total. The van der Waals surface area contributed by atoms with E-state index in [1.165, 1.54) is 18.4 Å². The van der Waals surface area contributed by atoms with Crippen molar-refractivity contribution in [2.45, 2.75) is 45.9 Å². The van der Waals surface area contributed by atoms with Crippen LogP contribution in [-0.4, -0.2) is 16.1 Å². The van der Waals surface area contributed by atoms with Crippen LogP contribution in [0.15, 0.2) is 22.9 Å². The molecule has 3 rings (SSSR count). The topological polar surface area (TPSA) is 36.4 Å². The molecule has 2 aromatic rings. The van der Waals surface area contributed by atoms with Crippen molar-refractivity contribution in [1.82, 2.24) is 4.98 Å². The number of anilines is 1. The number of aromatic nitrogens is 1. The Balaban J connectivity index is 1.98. The molecule has 0 aliphatic heterocycles. The zero-order chi connectivity index (χ0) is 14.1. The maximum absolute atomic E-state index is 9.70. The number of aliphatic hydroxyl groups is 1. The Hall–Kier alpha value is -1.39. The van der Waals surface area contributed by atoms with E-state index in [-0.39, 0.29) is 6.61 Å². The molecule has 1 aliphatic carbocycles. The molecule has 1 saturated carbocycles. The van der Waals surface area contributed by atoms with Gasteiger partial charge in [0.05, 0.1) is 6.61 Å². The summed E-state index contributed by atoms with van der Waals surface area (Å²) in [6, 6.07) is 4.79. The van der Waals surface area contributed by atoms with Gasteiger partial charge in [-0.2, -0.15) is 11.3 Å². The summed E-state index contributed by atoms with van der Waals surface area (Å²) in [6.45, 7) is 5.02. The van der Waals surface area contributed by atoms with Crippen LogP contribution in [-0.2, 0) is 13.2 Å². The third kappa shape index (κ3) is 2.72. The first kappa shape index (κ1) is 13.6. The van der Waals surface area contributed by atoms with Gasteiger partial charge in [0.1, 0.15) is 5.82 Å². The first-order valence-corrected chi connectivity index (χ1v) is 7.99. The summed E-state index contributed by atoms with van der Waals surface area (Å²) in [5.74, 6) is 0.971. The molecule has 2 heterocycles. The van der Waals surface area contributed by atoms with Crippen molar-refractivity contribution in [3.8, 4) is 0 Å². The second kappa shape index (κ2) is 5.54. The zero-order valence-corrected chi connectivity index (χ0v) is 12.8. The van der Waals surface area contributed by atoms with Crippen molar-refractivity contribution in [3.05, 3.63) is 45.3 Å². The standard InChI is InChI=1S/C16H20N2OS/c1-11-7-12(2)17-16(15(11)9-19)18(14-3-4-14)8-13-5-6-20-10-13/h5-7,10,14,19H,3-4,8-9H2,1-2H3. The summed E-state index contributed by atoms with van der Waals surface area (Å²) >= 11 is 1.73. The number of hydrogen-bond donors (Lipinski definition) is 1. The predicted octanol–water partition coefficient (Wildman–Crippen LogP) is 3.42. The highest BCUT2D eigenvalue weighted by atomic mass is 32.1. The fourth-order valence-electron chi connectivity index (χ4n) is 2.62.